The van der Waals surface area contributed by atoms with Crippen molar-refractivity contribution in [2.45, 2.75) is 13.8 Å². The van der Waals surface area contributed by atoms with Crippen LogP contribution >= 0.6 is 34.5 Å². The van der Waals surface area contributed by atoms with Crippen molar-refractivity contribution in [2.24, 2.45) is 0 Å². The zero-order valence-corrected chi connectivity index (χ0v) is 17.3. The zero-order valence-electron chi connectivity index (χ0n) is 15.0. The van der Waals surface area contributed by atoms with Crippen molar-refractivity contribution in [1.82, 2.24) is 4.57 Å². The first-order chi connectivity index (χ1) is 13.3. The predicted octanol–water partition coefficient (Wildman–Crippen LogP) is 3.85. The van der Waals surface area contributed by atoms with Gasteiger partial charge in [0.15, 0.2) is 5.57 Å². The highest BCUT2D eigenvalue weighted by atomic mass is 35.5. The molecule has 0 aliphatic carbocycles. The third kappa shape index (κ3) is 3.74. The fourth-order valence-corrected chi connectivity index (χ4v) is 4.31. The first-order valence-electron chi connectivity index (χ1n) is 8.16. The first-order valence-corrected chi connectivity index (χ1v) is 9.73. The standard InChI is InChI=1S/C21H13Cl2N3OS/c1-12-3-6-18(13(2)7-12)26-20(27)19(28-21(26)15(10-24)11-25)8-14-4-5-16(22)9-17(14)23/h3-9H,1-2H3. The lowest BCUT2D eigenvalue weighted by molar-refractivity contribution is 0.973. The van der Waals surface area contributed by atoms with Gasteiger partial charge < -0.3 is 0 Å². The van der Waals surface area contributed by atoms with Crippen molar-refractivity contribution < 1.29 is 0 Å². The monoisotopic (exact) mass is 425 g/mol. The molecule has 0 N–H and O–H groups in total. The molecule has 0 saturated heterocycles. The Hall–Kier alpha value is -2.83. The molecular weight excluding hydrogens is 413 g/mol. The van der Waals surface area contributed by atoms with E-state index in [2.05, 4.69) is 0 Å². The summed E-state index contributed by atoms with van der Waals surface area (Å²) in [5, 5.41) is 19.6. The summed E-state index contributed by atoms with van der Waals surface area (Å²) in [5.41, 5.74) is 2.74. The van der Waals surface area contributed by atoms with Gasteiger partial charge in [-0.25, -0.2) is 0 Å². The molecular formula is C21H13Cl2N3OS. The molecule has 0 saturated carbocycles. The van der Waals surface area contributed by atoms with E-state index in [-0.39, 0.29) is 11.1 Å². The van der Waals surface area contributed by atoms with E-state index < -0.39 is 0 Å². The molecule has 4 nitrogen and oxygen atoms in total. The molecule has 0 unspecified atom stereocenters. The summed E-state index contributed by atoms with van der Waals surface area (Å²) in [6.07, 6.45) is 1.64. The molecule has 0 fully saturated rings. The summed E-state index contributed by atoms with van der Waals surface area (Å²) >= 11 is 13.2. The molecule has 7 heteroatoms. The predicted molar refractivity (Wildman–Crippen MR) is 113 cm³/mol. The summed E-state index contributed by atoms with van der Waals surface area (Å²) in [6.45, 7) is 3.84. The summed E-state index contributed by atoms with van der Waals surface area (Å²) in [4.78, 5) is 13.2. The minimum atomic E-state index is -0.319. The zero-order chi connectivity index (χ0) is 20.4. The SMILES string of the molecule is Cc1ccc(-n2c(=C(C#N)C#N)sc(=Cc3ccc(Cl)cc3Cl)c2=O)c(C)c1. The Labute approximate surface area is 175 Å². The van der Waals surface area contributed by atoms with Gasteiger partial charge >= 0.3 is 0 Å². The van der Waals surface area contributed by atoms with Gasteiger partial charge in [0.05, 0.1) is 10.2 Å². The van der Waals surface area contributed by atoms with Crippen LogP contribution in [0.3, 0.4) is 0 Å². The highest BCUT2D eigenvalue weighted by Gasteiger charge is 2.13. The molecule has 0 radical (unpaired) electrons. The topological polar surface area (TPSA) is 69.6 Å². The number of hydrogen-bond acceptors (Lipinski definition) is 4. The second-order valence-electron chi connectivity index (χ2n) is 6.11. The van der Waals surface area contributed by atoms with Crippen LogP contribution in [-0.4, -0.2) is 4.57 Å². The van der Waals surface area contributed by atoms with Gasteiger partial charge in [0.25, 0.3) is 5.56 Å². The fraction of sp³-hybridized carbons (Fsp3) is 0.0952. The second kappa shape index (κ2) is 8.04. The molecule has 0 amide bonds. The van der Waals surface area contributed by atoms with Gasteiger partial charge in [0, 0.05) is 10.0 Å². The van der Waals surface area contributed by atoms with E-state index in [1.165, 1.54) is 4.57 Å². The van der Waals surface area contributed by atoms with Crippen molar-refractivity contribution >= 4 is 46.2 Å². The van der Waals surface area contributed by atoms with Crippen molar-refractivity contribution in [3.63, 3.8) is 0 Å². The Morgan fingerprint density at radius 2 is 1.82 bits per heavy atom. The summed E-state index contributed by atoms with van der Waals surface area (Å²) in [7, 11) is 0. The smallest absolute Gasteiger partial charge is 0.267 e. The number of aryl methyl sites for hydroxylation is 2. The van der Waals surface area contributed by atoms with E-state index in [0.29, 0.717) is 30.5 Å². The molecule has 0 aliphatic rings. The summed E-state index contributed by atoms with van der Waals surface area (Å²) in [5.74, 6) is 0. The maximum Gasteiger partial charge on any atom is 0.273 e. The highest BCUT2D eigenvalue weighted by molar-refractivity contribution is 7.07. The largest absolute Gasteiger partial charge is 0.273 e. The number of halogens is 2. The van der Waals surface area contributed by atoms with E-state index in [4.69, 9.17) is 23.2 Å². The molecule has 0 bridgehead atoms. The van der Waals surface area contributed by atoms with Gasteiger partial charge in [-0.15, -0.1) is 11.3 Å². The van der Waals surface area contributed by atoms with Crippen LogP contribution in [0.1, 0.15) is 16.7 Å². The molecule has 0 spiro atoms. The molecule has 1 heterocycles. The number of nitrogens with zero attached hydrogens (tertiary/aromatic N) is 3. The van der Waals surface area contributed by atoms with Gasteiger partial charge in [-0.3, -0.25) is 9.36 Å². The number of thiazole rings is 1. The average molecular weight is 426 g/mol. The molecule has 0 aliphatic heterocycles. The molecule has 0 atom stereocenters. The first kappa shape index (κ1) is 19.9. The Balaban J connectivity index is 2.43. The number of aromatic nitrogens is 1. The lowest BCUT2D eigenvalue weighted by atomic mass is 10.1. The number of hydrogen-bond donors (Lipinski definition) is 0. The minimum absolute atomic E-state index is 0.121. The van der Waals surface area contributed by atoms with E-state index in [1.54, 1.807) is 24.3 Å². The van der Waals surface area contributed by atoms with Gasteiger partial charge in [0.1, 0.15) is 16.8 Å². The average Bonchev–Trinajstić information content (AvgIpc) is 2.95. The quantitative estimate of drug-likeness (QED) is 0.625. The number of nitriles is 2. The lowest BCUT2D eigenvalue weighted by Gasteiger charge is -2.07. The molecule has 28 heavy (non-hydrogen) atoms. The summed E-state index contributed by atoms with van der Waals surface area (Å²) in [6, 6.07) is 14.4. The van der Waals surface area contributed by atoms with E-state index in [1.807, 2.05) is 44.2 Å². The highest BCUT2D eigenvalue weighted by Crippen LogP contribution is 2.21. The summed E-state index contributed by atoms with van der Waals surface area (Å²) < 4.78 is 2.07. The van der Waals surface area contributed by atoms with Crippen molar-refractivity contribution in [1.29, 1.82) is 10.5 Å². The van der Waals surface area contributed by atoms with Crippen LogP contribution in [0.15, 0.2) is 41.2 Å². The third-order valence-electron chi connectivity index (χ3n) is 4.10. The van der Waals surface area contributed by atoms with Gasteiger partial charge in [-0.05, 0) is 49.2 Å². The molecule has 3 rings (SSSR count). The Morgan fingerprint density at radius 1 is 1.11 bits per heavy atom. The van der Waals surface area contributed by atoms with Crippen LogP contribution < -0.4 is 14.8 Å². The van der Waals surface area contributed by atoms with E-state index in [9.17, 15) is 15.3 Å². The van der Waals surface area contributed by atoms with E-state index in [0.717, 1.165) is 22.5 Å². The van der Waals surface area contributed by atoms with Crippen molar-refractivity contribution in [3.05, 3.63) is 82.7 Å². The Morgan fingerprint density at radius 3 is 2.43 bits per heavy atom. The molecule has 3 aromatic rings. The van der Waals surface area contributed by atoms with E-state index >= 15 is 0 Å². The fourth-order valence-electron chi connectivity index (χ4n) is 2.81. The van der Waals surface area contributed by atoms with Crippen molar-refractivity contribution in [3.8, 4) is 17.8 Å². The van der Waals surface area contributed by atoms with Crippen LogP contribution in [0.5, 0.6) is 0 Å². The van der Waals surface area contributed by atoms with Crippen LogP contribution in [0, 0.1) is 36.5 Å². The minimum Gasteiger partial charge on any atom is -0.267 e. The van der Waals surface area contributed by atoms with Gasteiger partial charge in [0.2, 0.25) is 0 Å². The van der Waals surface area contributed by atoms with Crippen molar-refractivity contribution in [2.75, 3.05) is 0 Å². The molecule has 1 aromatic heterocycles. The maximum atomic E-state index is 13.2. The van der Waals surface area contributed by atoms with Crippen LogP contribution in [0.2, 0.25) is 10.0 Å². The lowest BCUT2D eigenvalue weighted by Crippen LogP contribution is -2.31. The maximum absolute atomic E-state index is 13.2. The van der Waals surface area contributed by atoms with Gasteiger partial charge in [-0.1, -0.05) is 47.0 Å². The Bertz CT molecular complexity index is 1340. The van der Waals surface area contributed by atoms with Crippen LogP contribution in [0.25, 0.3) is 17.3 Å². The van der Waals surface area contributed by atoms with Crippen LogP contribution in [-0.2, 0) is 0 Å². The number of rotatable bonds is 2. The normalized spacial score (nSPS) is 11.1. The third-order valence-corrected chi connectivity index (χ3v) is 5.76. The van der Waals surface area contributed by atoms with Crippen LogP contribution in [0.4, 0.5) is 0 Å². The molecule has 2 aromatic carbocycles. The van der Waals surface area contributed by atoms with Gasteiger partial charge in [-0.2, -0.15) is 10.5 Å². The molecule has 138 valence electrons. The Kier molecular flexibility index (Phi) is 5.72. The second-order valence-corrected chi connectivity index (χ2v) is 7.99. The number of benzene rings is 2.